The van der Waals surface area contributed by atoms with Crippen molar-refractivity contribution in [1.82, 2.24) is 0 Å². The molecule has 0 amide bonds. The predicted molar refractivity (Wildman–Crippen MR) is 45.9 cm³/mol. The maximum absolute atomic E-state index is 11.8. The normalized spacial score (nSPS) is 11.4. The van der Waals surface area contributed by atoms with Crippen molar-refractivity contribution in [1.29, 1.82) is 0 Å². The second-order valence-electron chi connectivity index (χ2n) is 2.73. The first-order valence-corrected chi connectivity index (χ1v) is 4.06. The van der Waals surface area contributed by atoms with Crippen LogP contribution in [-0.2, 0) is 6.42 Å². The SMILES string of the molecule is NCCc1cccc(OC(F)(F)F)c1. The Hall–Kier alpha value is -1.23. The summed E-state index contributed by atoms with van der Waals surface area (Å²) in [4.78, 5) is 0. The first-order valence-electron chi connectivity index (χ1n) is 4.06. The molecule has 0 aliphatic heterocycles. The maximum Gasteiger partial charge on any atom is 0.573 e. The van der Waals surface area contributed by atoms with Crippen LogP contribution in [0.1, 0.15) is 5.56 Å². The van der Waals surface area contributed by atoms with Gasteiger partial charge in [-0.1, -0.05) is 12.1 Å². The third-order valence-electron chi connectivity index (χ3n) is 1.57. The van der Waals surface area contributed by atoms with Crippen LogP contribution in [0.5, 0.6) is 5.75 Å². The predicted octanol–water partition coefficient (Wildman–Crippen LogP) is 2.09. The van der Waals surface area contributed by atoms with Gasteiger partial charge in [-0.15, -0.1) is 13.2 Å². The van der Waals surface area contributed by atoms with Gasteiger partial charge in [0.15, 0.2) is 0 Å². The van der Waals surface area contributed by atoms with Crippen LogP contribution in [0.15, 0.2) is 24.3 Å². The number of hydrogen-bond acceptors (Lipinski definition) is 2. The van der Waals surface area contributed by atoms with E-state index in [1.165, 1.54) is 18.2 Å². The molecule has 0 aliphatic rings. The van der Waals surface area contributed by atoms with E-state index in [-0.39, 0.29) is 5.75 Å². The molecule has 0 unspecified atom stereocenters. The van der Waals surface area contributed by atoms with E-state index in [1.54, 1.807) is 6.07 Å². The first-order chi connectivity index (χ1) is 6.51. The van der Waals surface area contributed by atoms with Crippen molar-refractivity contribution in [2.24, 2.45) is 5.73 Å². The molecule has 0 fully saturated rings. The van der Waals surface area contributed by atoms with Crippen LogP contribution < -0.4 is 10.5 Å². The summed E-state index contributed by atoms with van der Waals surface area (Å²) in [7, 11) is 0. The molecular formula is C9H10F3NO. The Labute approximate surface area is 79.5 Å². The van der Waals surface area contributed by atoms with E-state index in [4.69, 9.17) is 5.73 Å². The fraction of sp³-hybridized carbons (Fsp3) is 0.333. The van der Waals surface area contributed by atoms with Crippen LogP contribution in [0.4, 0.5) is 13.2 Å². The number of benzene rings is 1. The van der Waals surface area contributed by atoms with Gasteiger partial charge in [-0.3, -0.25) is 0 Å². The second-order valence-corrected chi connectivity index (χ2v) is 2.73. The molecule has 1 rings (SSSR count). The van der Waals surface area contributed by atoms with Gasteiger partial charge in [-0.05, 0) is 30.7 Å². The standard InChI is InChI=1S/C9H10F3NO/c10-9(11,12)14-8-3-1-2-7(6-8)4-5-13/h1-3,6H,4-5,13H2. The zero-order valence-corrected chi connectivity index (χ0v) is 7.34. The molecule has 2 N–H and O–H groups in total. The Bertz CT molecular complexity index is 298. The van der Waals surface area contributed by atoms with Gasteiger partial charge in [-0.25, -0.2) is 0 Å². The maximum atomic E-state index is 11.8. The monoisotopic (exact) mass is 205 g/mol. The summed E-state index contributed by atoms with van der Waals surface area (Å²) in [6.07, 6.45) is -4.10. The fourth-order valence-electron chi connectivity index (χ4n) is 1.06. The molecule has 14 heavy (non-hydrogen) atoms. The summed E-state index contributed by atoms with van der Waals surface area (Å²) >= 11 is 0. The van der Waals surface area contributed by atoms with Gasteiger partial charge in [0.1, 0.15) is 5.75 Å². The third-order valence-corrected chi connectivity index (χ3v) is 1.57. The van der Waals surface area contributed by atoms with Gasteiger partial charge in [0.2, 0.25) is 0 Å². The smallest absolute Gasteiger partial charge is 0.406 e. The Kier molecular flexibility index (Phi) is 3.35. The van der Waals surface area contributed by atoms with Crippen LogP contribution in [0.3, 0.4) is 0 Å². The lowest BCUT2D eigenvalue weighted by molar-refractivity contribution is -0.274. The highest BCUT2D eigenvalue weighted by molar-refractivity contribution is 5.28. The molecule has 5 heteroatoms. The highest BCUT2D eigenvalue weighted by Gasteiger charge is 2.30. The molecule has 1 aromatic carbocycles. The summed E-state index contributed by atoms with van der Waals surface area (Å²) in [5.74, 6) is -0.205. The Morgan fingerprint density at radius 1 is 1.29 bits per heavy atom. The van der Waals surface area contributed by atoms with E-state index in [1.807, 2.05) is 0 Å². The minimum Gasteiger partial charge on any atom is -0.406 e. The number of alkyl halides is 3. The molecule has 0 saturated carbocycles. The fourth-order valence-corrected chi connectivity index (χ4v) is 1.06. The molecule has 0 radical (unpaired) electrons. The lowest BCUT2D eigenvalue weighted by Gasteiger charge is -2.09. The third kappa shape index (κ3) is 3.66. The molecule has 0 atom stereocenters. The van der Waals surface area contributed by atoms with Crippen molar-refractivity contribution in [2.75, 3.05) is 6.54 Å². The molecule has 0 saturated heterocycles. The average Bonchev–Trinajstić information content (AvgIpc) is 2.02. The highest BCUT2D eigenvalue weighted by Crippen LogP contribution is 2.23. The molecule has 2 nitrogen and oxygen atoms in total. The van der Waals surface area contributed by atoms with Crippen molar-refractivity contribution in [3.8, 4) is 5.75 Å². The zero-order chi connectivity index (χ0) is 10.6. The summed E-state index contributed by atoms with van der Waals surface area (Å²) in [6.45, 7) is 0.398. The lowest BCUT2D eigenvalue weighted by Crippen LogP contribution is -2.17. The quantitative estimate of drug-likeness (QED) is 0.819. The summed E-state index contributed by atoms with van der Waals surface area (Å²) < 4.78 is 39.2. The molecule has 0 aromatic heterocycles. The molecule has 0 spiro atoms. The van der Waals surface area contributed by atoms with Crippen molar-refractivity contribution in [2.45, 2.75) is 12.8 Å². The van der Waals surface area contributed by atoms with E-state index < -0.39 is 6.36 Å². The van der Waals surface area contributed by atoms with Crippen molar-refractivity contribution in [3.63, 3.8) is 0 Å². The van der Waals surface area contributed by atoms with Gasteiger partial charge >= 0.3 is 6.36 Å². The van der Waals surface area contributed by atoms with Crippen molar-refractivity contribution < 1.29 is 17.9 Å². The van der Waals surface area contributed by atoms with Crippen LogP contribution in [-0.4, -0.2) is 12.9 Å². The number of ether oxygens (including phenoxy) is 1. The summed E-state index contributed by atoms with van der Waals surface area (Å²) in [5, 5.41) is 0. The van der Waals surface area contributed by atoms with E-state index >= 15 is 0 Å². The van der Waals surface area contributed by atoms with E-state index in [9.17, 15) is 13.2 Å². The van der Waals surface area contributed by atoms with Gasteiger partial charge in [0.25, 0.3) is 0 Å². The molecule has 1 aromatic rings. The van der Waals surface area contributed by atoms with Gasteiger partial charge in [-0.2, -0.15) is 0 Å². The Morgan fingerprint density at radius 3 is 2.57 bits per heavy atom. The largest absolute Gasteiger partial charge is 0.573 e. The number of rotatable bonds is 3. The summed E-state index contributed by atoms with van der Waals surface area (Å²) in [6, 6.07) is 5.80. The molecule has 0 aliphatic carbocycles. The molecular weight excluding hydrogens is 195 g/mol. The number of halogens is 3. The average molecular weight is 205 g/mol. The Morgan fingerprint density at radius 2 is 2.00 bits per heavy atom. The van der Waals surface area contributed by atoms with Crippen LogP contribution in [0.25, 0.3) is 0 Å². The minimum absolute atomic E-state index is 0.205. The van der Waals surface area contributed by atoms with Crippen LogP contribution in [0, 0.1) is 0 Å². The van der Waals surface area contributed by atoms with E-state index in [0.29, 0.717) is 13.0 Å². The van der Waals surface area contributed by atoms with Crippen LogP contribution in [0.2, 0.25) is 0 Å². The lowest BCUT2D eigenvalue weighted by atomic mass is 10.1. The minimum atomic E-state index is -4.64. The van der Waals surface area contributed by atoms with E-state index in [0.717, 1.165) is 5.56 Å². The first kappa shape index (κ1) is 10.8. The van der Waals surface area contributed by atoms with Gasteiger partial charge < -0.3 is 10.5 Å². The highest BCUT2D eigenvalue weighted by atomic mass is 19.4. The van der Waals surface area contributed by atoms with Gasteiger partial charge in [0.05, 0.1) is 0 Å². The second kappa shape index (κ2) is 4.32. The number of nitrogens with two attached hydrogens (primary N) is 1. The number of hydrogen-bond donors (Lipinski definition) is 1. The molecule has 0 heterocycles. The van der Waals surface area contributed by atoms with Crippen molar-refractivity contribution in [3.05, 3.63) is 29.8 Å². The van der Waals surface area contributed by atoms with E-state index in [2.05, 4.69) is 4.74 Å². The van der Waals surface area contributed by atoms with Crippen molar-refractivity contribution >= 4 is 0 Å². The molecule has 78 valence electrons. The van der Waals surface area contributed by atoms with Gasteiger partial charge in [0, 0.05) is 0 Å². The summed E-state index contributed by atoms with van der Waals surface area (Å²) in [5.41, 5.74) is 6.01. The molecule has 0 bridgehead atoms. The Balaban J connectivity index is 2.73. The zero-order valence-electron chi connectivity index (χ0n) is 7.34. The topological polar surface area (TPSA) is 35.2 Å². The van der Waals surface area contributed by atoms with Crippen LogP contribution >= 0.6 is 0 Å².